The third-order valence-corrected chi connectivity index (χ3v) is 7.16. The van der Waals surface area contributed by atoms with Crippen molar-refractivity contribution >= 4 is 0 Å². The van der Waals surface area contributed by atoms with Gasteiger partial charge in [-0.05, 0) is 92.6 Å². The van der Waals surface area contributed by atoms with Gasteiger partial charge in [-0.25, -0.2) is 4.98 Å². The van der Waals surface area contributed by atoms with E-state index in [-0.39, 0.29) is 0 Å². The van der Waals surface area contributed by atoms with Crippen molar-refractivity contribution in [3.8, 4) is 17.5 Å². The van der Waals surface area contributed by atoms with Crippen molar-refractivity contribution in [2.45, 2.75) is 71.8 Å². The number of nitrogens with one attached hydrogen (secondary N) is 1. The van der Waals surface area contributed by atoms with Crippen molar-refractivity contribution in [1.82, 2.24) is 20.1 Å². The molecule has 1 aliphatic rings. The molecule has 0 amide bonds. The third kappa shape index (κ3) is 5.02. The molecule has 1 aromatic heterocycles. The van der Waals surface area contributed by atoms with Crippen LogP contribution in [0.5, 0.6) is 0 Å². The summed E-state index contributed by atoms with van der Waals surface area (Å²) >= 11 is 0. The Morgan fingerprint density at radius 1 is 1.15 bits per heavy atom. The molecule has 3 aromatic rings. The molecule has 1 aliphatic heterocycles. The van der Waals surface area contributed by atoms with E-state index >= 15 is 0 Å². The summed E-state index contributed by atoms with van der Waals surface area (Å²) in [6, 6.07) is 15.4. The number of aromatic amines is 1. The molecule has 0 spiro atoms. The summed E-state index contributed by atoms with van der Waals surface area (Å²) in [5.41, 5.74) is 7.35. The van der Waals surface area contributed by atoms with Crippen LogP contribution >= 0.6 is 0 Å². The number of hydrogen-bond donors (Lipinski definition) is 1. The first kappa shape index (κ1) is 23.2. The molecule has 5 nitrogen and oxygen atoms in total. The Bertz CT molecular complexity index is 1110. The second-order valence-electron chi connectivity index (χ2n) is 9.30. The molecular weight excluding hydrogens is 406 g/mol. The number of benzene rings is 2. The Labute approximate surface area is 197 Å². The maximum absolute atomic E-state index is 9.05. The van der Waals surface area contributed by atoms with Crippen molar-refractivity contribution in [3.63, 3.8) is 0 Å². The lowest BCUT2D eigenvalue weighted by Crippen LogP contribution is -2.35. The van der Waals surface area contributed by atoms with Crippen LogP contribution in [0.1, 0.15) is 85.6 Å². The Morgan fingerprint density at radius 3 is 2.48 bits per heavy atom. The van der Waals surface area contributed by atoms with E-state index in [1.54, 1.807) is 0 Å². The Hall–Kier alpha value is -2.97. The molecule has 0 saturated carbocycles. The van der Waals surface area contributed by atoms with Gasteiger partial charge < -0.3 is 0 Å². The second kappa shape index (κ2) is 10.3. The van der Waals surface area contributed by atoms with Gasteiger partial charge >= 0.3 is 0 Å². The van der Waals surface area contributed by atoms with Crippen LogP contribution in [0, 0.1) is 18.3 Å². The van der Waals surface area contributed by atoms with Gasteiger partial charge in [0.05, 0.1) is 11.6 Å². The molecule has 33 heavy (non-hydrogen) atoms. The van der Waals surface area contributed by atoms with Crippen molar-refractivity contribution < 1.29 is 0 Å². The van der Waals surface area contributed by atoms with Gasteiger partial charge in [-0.15, -0.1) is 0 Å². The maximum Gasteiger partial charge on any atom is 0.181 e. The Balaban J connectivity index is 1.53. The van der Waals surface area contributed by atoms with Crippen molar-refractivity contribution in [2.24, 2.45) is 0 Å². The lowest BCUT2D eigenvalue weighted by molar-refractivity contribution is 0.162. The highest BCUT2D eigenvalue weighted by molar-refractivity contribution is 5.63. The molecule has 1 atom stereocenters. The van der Waals surface area contributed by atoms with Crippen molar-refractivity contribution in [2.75, 3.05) is 13.1 Å². The van der Waals surface area contributed by atoms with Gasteiger partial charge in [-0.3, -0.25) is 10.00 Å². The van der Waals surface area contributed by atoms with Crippen LogP contribution in [0.25, 0.3) is 11.4 Å². The van der Waals surface area contributed by atoms with Gasteiger partial charge in [0, 0.05) is 18.0 Å². The van der Waals surface area contributed by atoms with E-state index in [9.17, 15) is 0 Å². The molecule has 5 heteroatoms. The molecule has 0 bridgehead atoms. The molecule has 172 valence electrons. The predicted molar refractivity (Wildman–Crippen MR) is 133 cm³/mol. The standard InChI is InChI=1S/C28H35N5/c1-5-7-24-16-19(3)25(17-26(24)28-30-27(6-2)31-32-28)20(4)33-14-12-23(13-15-33)22-10-8-21(18-29)9-11-22/h8-11,16-17,20,23H,5-7,12-15H2,1-4H3,(H,30,31,32). The first-order valence-electron chi connectivity index (χ1n) is 12.3. The van der Waals surface area contributed by atoms with E-state index in [4.69, 9.17) is 10.2 Å². The van der Waals surface area contributed by atoms with Gasteiger partial charge in [-0.2, -0.15) is 10.4 Å². The summed E-state index contributed by atoms with van der Waals surface area (Å²) in [5.74, 6) is 2.33. The summed E-state index contributed by atoms with van der Waals surface area (Å²) in [7, 11) is 0. The monoisotopic (exact) mass is 441 g/mol. The zero-order chi connectivity index (χ0) is 23.4. The average Bonchev–Trinajstić information content (AvgIpc) is 3.33. The molecule has 0 radical (unpaired) electrons. The van der Waals surface area contributed by atoms with Crippen molar-refractivity contribution in [3.05, 3.63) is 70.0 Å². The second-order valence-corrected chi connectivity index (χ2v) is 9.30. The summed E-state index contributed by atoms with van der Waals surface area (Å²) in [4.78, 5) is 7.35. The smallest absolute Gasteiger partial charge is 0.181 e. The molecular formula is C28H35N5. The molecule has 4 rings (SSSR count). The van der Waals surface area contributed by atoms with E-state index in [0.29, 0.717) is 12.0 Å². The van der Waals surface area contributed by atoms with Gasteiger partial charge in [-0.1, -0.05) is 38.5 Å². The highest BCUT2D eigenvalue weighted by Crippen LogP contribution is 2.35. The van der Waals surface area contributed by atoms with Gasteiger partial charge in [0.2, 0.25) is 0 Å². The summed E-state index contributed by atoms with van der Waals surface area (Å²) < 4.78 is 0. The fraction of sp³-hybridized carbons (Fsp3) is 0.464. The summed E-state index contributed by atoms with van der Waals surface area (Å²) in [6.45, 7) is 11.1. The van der Waals surface area contributed by atoms with E-state index in [0.717, 1.165) is 62.4 Å². The predicted octanol–water partition coefficient (Wildman–Crippen LogP) is 6.11. The van der Waals surface area contributed by atoms with Gasteiger partial charge in [0.1, 0.15) is 5.82 Å². The van der Waals surface area contributed by atoms with Crippen molar-refractivity contribution in [1.29, 1.82) is 5.26 Å². The third-order valence-electron chi connectivity index (χ3n) is 7.16. The van der Waals surface area contributed by atoms with Crippen LogP contribution in [0.15, 0.2) is 36.4 Å². The topological polar surface area (TPSA) is 68.6 Å². The number of hydrogen-bond acceptors (Lipinski definition) is 4. The number of likely N-dealkylation sites (tertiary alicyclic amines) is 1. The number of piperidine rings is 1. The number of H-pyrrole nitrogens is 1. The zero-order valence-corrected chi connectivity index (χ0v) is 20.4. The van der Waals surface area contributed by atoms with Crippen LogP contribution < -0.4 is 0 Å². The molecule has 1 fully saturated rings. The minimum atomic E-state index is 0.353. The normalized spacial score (nSPS) is 16.0. The molecule has 1 unspecified atom stereocenters. The molecule has 2 aromatic carbocycles. The first-order chi connectivity index (χ1) is 16.0. The summed E-state index contributed by atoms with van der Waals surface area (Å²) in [6.07, 6.45) is 5.30. The average molecular weight is 442 g/mol. The fourth-order valence-electron chi connectivity index (χ4n) is 5.14. The molecule has 1 N–H and O–H groups in total. The lowest BCUT2D eigenvalue weighted by Gasteiger charge is -2.37. The molecule has 0 aliphatic carbocycles. The van der Waals surface area contributed by atoms with E-state index < -0.39 is 0 Å². The van der Waals surface area contributed by atoms with Crippen LogP contribution in [-0.2, 0) is 12.8 Å². The number of aromatic nitrogens is 3. The minimum absolute atomic E-state index is 0.353. The Kier molecular flexibility index (Phi) is 7.25. The minimum Gasteiger partial charge on any atom is -0.297 e. The van der Waals surface area contributed by atoms with E-state index in [1.807, 2.05) is 12.1 Å². The van der Waals surface area contributed by atoms with Gasteiger partial charge in [0.15, 0.2) is 5.82 Å². The highest BCUT2D eigenvalue weighted by atomic mass is 15.2. The fourth-order valence-corrected chi connectivity index (χ4v) is 5.14. The zero-order valence-electron chi connectivity index (χ0n) is 20.4. The maximum atomic E-state index is 9.05. The first-order valence-corrected chi connectivity index (χ1v) is 12.3. The number of nitriles is 1. The quantitative estimate of drug-likeness (QED) is 0.480. The Morgan fingerprint density at radius 2 is 1.88 bits per heavy atom. The lowest BCUT2D eigenvalue weighted by atomic mass is 9.87. The highest BCUT2D eigenvalue weighted by Gasteiger charge is 2.26. The number of nitrogens with zero attached hydrogens (tertiary/aromatic N) is 4. The van der Waals surface area contributed by atoms with E-state index in [2.05, 4.69) is 73.1 Å². The largest absolute Gasteiger partial charge is 0.297 e. The number of aryl methyl sites for hydroxylation is 3. The molecule has 2 heterocycles. The number of rotatable bonds is 7. The van der Waals surface area contributed by atoms with E-state index in [1.165, 1.54) is 27.8 Å². The van der Waals surface area contributed by atoms with Gasteiger partial charge in [0.25, 0.3) is 0 Å². The van der Waals surface area contributed by atoms with Crippen LogP contribution in [0.2, 0.25) is 0 Å². The van der Waals surface area contributed by atoms with Crippen LogP contribution in [0.3, 0.4) is 0 Å². The van der Waals surface area contributed by atoms with Crippen LogP contribution in [0.4, 0.5) is 0 Å². The SMILES string of the molecule is CCCc1cc(C)c(C(C)N2CCC(c3ccc(C#N)cc3)CC2)cc1-c1n[nH]c(CC)n1. The molecule has 1 saturated heterocycles. The van der Waals surface area contributed by atoms with Crippen LogP contribution in [-0.4, -0.2) is 33.2 Å². The summed E-state index contributed by atoms with van der Waals surface area (Å²) in [5, 5.41) is 16.7.